The lowest BCUT2D eigenvalue weighted by Gasteiger charge is -2.21. The van der Waals surface area contributed by atoms with Gasteiger partial charge in [-0.05, 0) is 32.5 Å². The minimum Gasteiger partial charge on any atom is -0.528 e. The van der Waals surface area contributed by atoms with Crippen molar-refractivity contribution in [1.29, 1.82) is 0 Å². The van der Waals surface area contributed by atoms with E-state index in [0.717, 1.165) is 12.2 Å². The van der Waals surface area contributed by atoms with E-state index in [2.05, 4.69) is 0 Å². The molecule has 0 rings (SSSR count). The molecular weight excluding hydrogens is 190 g/mol. The normalized spacial score (nSPS) is 13.3. The Morgan fingerprint density at radius 1 is 1.67 bits per heavy atom. The van der Waals surface area contributed by atoms with Gasteiger partial charge in [0.15, 0.2) is 0 Å². The first-order valence-corrected chi connectivity index (χ1v) is 6.07. The van der Waals surface area contributed by atoms with Crippen LogP contribution in [0.4, 0.5) is 0 Å². The van der Waals surface area contributed by atoms with E-state index in [1.165, 1.54) is 0 Å². The molecule has 12 heavy (non-hydrogen) atoms. The third kappa shape index (κ3) is 4.13. The number of hydrogen-bond donors (Lipinski definition) is 0. The van der Waals surface area contributed by atoms with Crippen molar-refractivity contribution in [2.45, 2.75) is 12.5 Å². The molecule has 0 aromatic heterocycles. The molecule has 1 atom stereocenters. The zero-order chi connectivity index (χ0) is 9.56. The zero-order valence-corrected chi connectivity index (χ0v) is 11.0. The largest absolute Gasteiger partial charge is 0.528 e. The molecule has 3 nitrogen and oxygen atoms in total. The predicted octanol–water partition coefficient (Wildman–Crippen LogP) is -0.507. The Bertz CT molecular complexity index is 143. The highest BCUT2D eigenvalue weighted by Crippen LogP contribution is 2.06. The monoisotopic (exact) mass is 207 g/mol. The van der Waals surface area contributed by atoms with E-state index in [9.17, 15) is 4.79 Å². The molecule has 0 fully saturated rings. The first kappa shape index (κ1) is 12.0. The van der Waals surface area contributed by atoms with Crippen LogP contribution in [0.25, 0.3) is 0 Å². The number of likely N-dealkylation sites (N-methyl/N-ethyl adjacent to an activating group) is 1. The van der Waals surface area contributed by atoms with Crippen molar-refractivity contribution in [2.75, 3.05) is 26.1 Å². The summed E-state index contributed by atoms with van der Waals surface area (Å²) in [4.78, 5) is 13.1. The Morgan fingerprint density at radius 3 is 2.58 bits per heavy atom. The van der Waals surface area contributed by atoms with E-state index in [4.69, 9.17) is 4.43 Å². The highest BCUT2D eigenvalue weighted by molar-refractivity contribution is 7.98. The molecule has 0 aromatic carbocycles. The van der Waals surface area contributed by atoms with E-state index in [0.29, 0.717) is 10.5 Å². The number of carbonyl (C=O) groups excluding carboxylic acids is 1. The van der Waals surface area contributed by atoms with Crippen LogP contribution in [0.5, 0.6) is 0 Å². The molecule has 0 N–H and O–H groups in total. The first-order valence-electron chi connectivity index (χ1n) is 3.86. The summed E-state index contributed by atoms with van der Waals surface area (Å²) in [6.45, 7) is 0. The smallest absolute Gasteiger partial charge is 0.309 e. The summed E-state index contributed by atoms with van der Waals surface area (Å²) in [5.41, 5.74) is 0. The fraction of sp³-hybridized carbons (Fsp3) is 0.857. The molecule has 0 aromatic rings. The molecule has 0 amide bonds. The fourth-order valence-electron chi connectivity index (χ4n) is 0.952. The molecule has 72 valence electrons. The summed E-state index contributed by atoms with van der Waals surface area (Å²) >= 11 is 1.75. The van der Waals surface area contributed by atoms with Crippen LogP contribution in [-0.2, 0) is 9.22 Å². The van der Waals surface area contributed by atoms with Crippen LogP contribution in [0, 0.1) is 0 Å². The van der Waals surface area contributed by atoms with E-state index < -0.39 is 0 Å². The highest BCUT2D eigenvalue weighted by atomic mass is 32.2. The van der Waals surface area contributed by atoms with Crippen LogP contribution in [0.1, 0.15) is 6.42 Å². The summed E-state index contributed by atoms with van der Waals surface area (Å²) in [5.74, 6) is 0.917. The maximum Gasteiger partial charge on any atom is 0.309 e. The number of nitrogens with zero attached hydrogens (tertiary/aromatic N) is 1. The van der Waals surface area contributed by atoms with Gasteiger partial charge >= 0.3 is 5.97 Å². The molecule has 0 unspecified atom stereocenters. The molecule has 0 heterocycles. The second-order valence-electron chi connectivity index (χ2n) is 2.78. The number of thioether (sulfide) groups is 1. The molecule has 0 radical (unpaired) electrons. The summed E-state index contributed by atoms with van der Waals surface area (Å²) in [6.07, 6.45) is 2.91. The highest BCUT2D eigenvalue weighted by Gasteiger charge is 2.19. The standard InChI is InChI=1S/C7H17NO2SSi/c1-8(2)6(4-5-11-3)7(9)10-12/h6H,4-5H2,1-3,12H3/t6-/m0/s1. The van der Waals surface area contributed by atoms with Crippen molar-refractivity contribution < 1.29 is 9.22 Å². The molecular formula is C7H17NO2SSi. The lowest BCUT2D eigenvalue weighted by atomic mass is 10.2. The first-order chi connectivity index (χ1) is 5.63. The quantitative estimate of drug-likeness (QED) is 0.568. The van der Waals surface area contributed by atoms with Gasteiger partial charge in [-0.3, -0.25) is 9.69 Å². The van der Waals surface area contributed by atoms with Gasteiger partial charge in [0.2, 0.25) is 10.5 Å². The summed E-state index contributed by atoms with van der Waals surface area (Å²) in [5, 5.41) is 0. The number of carbonyl (C=O) groups is 1. The van der Waals surface area contributed by atoms with Crippen LogP contribution < -0.4 is 0 Å². The second-order valence-corrected chi connectivity index (χ2v) is 4.18. The van der Waals surface area contributed by atoms with E-state index in [1.807, 2.05) is 25.3 Å². The third-order valence-electron chi connectivity index (χ3n) is 1.69. The van der Waals surface area contributed by atoms with Crippen LogP contribution in [0.3, 0.4) is 0 Å². The molecule has 0 aliphatic carbocycles. The molecule has 0 spiro atoms. The average Bonchev–Trinajstić information content (AvgIpc) is 2.04. The number of rotatable bonds is 5. The Balaban J connectivity index is 3.95. The molecule has 5 heteroatoms. The van der Waals surface area contributed by atoms with Crippen LogP contribution in [0.2, 0.25) is 0 Å². The van der Waals surface area contributed by atoms with Gasteiger partial charge in [0.05, 0.1) is 0 Å². The van der Waals surface area contributed by atoms with Crippen molar-refractivity contribution >= 4 is 28.2 Å². The van der Waals surface area contributed by atoms with Crippen molar-refractivity contribution in [2.24, 2.45) is 0 Å². The minimum atomic E-state index is -0.0827. The van der Waals surface area contributed by atoms with E-state index in [-0.39, 0.29) is 12.0 Å². The molecule has 0 bridgehead atoms. The zero-order valence-electron chi connectivity index (χ0n) is 8.16. The topological polar surface area (TPSA) is 29.5 Å². The summed E-state index contributed by atoms with van der Waals surface area (Å²) in [7, 11) is 4.30. The third-order valence-corrected chi connectivity index (χ3v) is 2.74. The van der Waals surface area contributed by atoms with Gasteiger partial charge in [-0.15, -0.1) is 0 Å². The fourth-order valence-corrected chi connectivity index (χ4v) is 1.68. The minimum absolute atomic E-state index is 0.0602. The van der Waals surface area contributed by atoms with Gasteiger partial charge in [-0.25, -0.2) is 0 Å². The molecule has 0 aliphatic rings. The molecule has 0 saturated carbocycles. The van der Waals surface area contributed by atoms with Gasteiger partial charge < -0.3 is 4.43 Å². The SMILES string of the molecule is CSCC[C@@H](C(=O)O[SiH3])N(C)C. The maximum absolute atomic E-state index is 11.2. The number of hydrogen-bond acceptors (Lipinski definition) is 4. The predicted molar refractivity (Wildman–Crippen MR) is 56.5 cm³/mol. The van der Waals surface area contributed by atoms with E-state index in [1.54, 1.807) is 11.8 Å². The van der Waals surface area contributed by atoms with Gasteiger partial charge in [0.1, 0.15) is 6.04 Å². The Kier molecular flexibility index (Phi) is 6.50. The van der Waals surface area contributed by atoms with Gasteiger partial charge in [-0.2, -0.15) is 11.8 Å². The van der Waals surface area contributed by atoms with Crippen molar-refractivity contribution in [3.05, 3.63) is 0 Å². The Hall–Kier alpha value is -0.00312. The van der Waals surface area contributed by atoms with Crippen molar-refractivity contribution in [1.82, 2.24) is 4.90 Å². The van der Waals surface area contributed by atoms with Gasteiger partial charge in [-0.1, -0.05) is 0 Å². The summed E-state index contributed by atoms with van der Waals surface area (Å²) in [6, 6.07) is -0.0602. The van der Waals surface area contributed by atoms with E-state index >= 15 is 0 Å². The maximum atomic E-state index is 11.2. The lowest BCUT2D eigenvalue weighted by Crippen LogP contribution is -2.37. The van der Waals surface area contributed by atoms with Crippen LogP contribution >= 0.6 is 11.8 Å². The van der Waals surface area contributed by atoms with Crippen LogP contribution in [0.15, 0.2) is 0 Å². The van der Waals surface area contributed by atoms with Crippen molar-refractivity contribution in [3.8, 4) is 0 Å². The molecule has 0 saturated heterocycles. The second kappa shape index (κ2) is 6.51. The average molecular weight is 207 g/mol. The molecule has 0 aliphatic heterocycles. The van der Waals surface area contributed by atoms with Crippen LogP contribution in [-0.4, -0.2) is 53.5 Å². The van der Waals surface area contributed by atoms with Gasteiger partial charge in [0, 0.05) is 0 Å². The Labute approximate surface area is 81.4 Å². The Morgan fingerprint density at radius 2 is 2.25 bits per heavy atom. The lowest BCUT2D eigenvalue weighted by molar-refractivity contribution is -0.139. The van der Waals surface area contributed by atoms with Crippen molar-refractivity contribution in [3.63, 3.8) is 0 Å². The van der Waals surface area contributed by atoms with Gasteiger partial charge in [0.25, 0.3) is 0 Å². The summed E-state index contributed by atoms with van der Waals surface area (Å²) < 4.78 is 4.82.